The summed E-state index contributed by atoms with van der Waals surface area (Å²) in [6.45, 7) is 4.80. The van der Waals surface area contributed by atoms with E-state index in [-0.39, 0.29) is 0 Å². The number of piperazine rings is 1. The molecule has 4 rings (SSSR count). The Morgan fingerprint density at radius 2 is 1.70 bits per heavy atom. The van der Waals surface area contributed by atoms with Gasteiger partial charge in [-0.2, -0.15) is 0 Å². The van der Waals surface area contributed by atoms with Gasteiger partial charge in [-0.1, -0.05) is 31.8 Å². The molecule has 0 atom stereocenters. The van der Waals surface area contributed by atoms with E-state index in [4.69, 9.17) is 0 Å². The largest absolute Gasteiger partial charge is 0.385 e. The van der Waals surface area contributed by atoms with Gasteiger partial charge in [0.1, 0.15) is 0 Å². The van der Waals surface area contributed by atoms with Crippen LogP contribution in [0, 0.1) is 0 Å². The fourth-order valence-corrected chi connectivity index (χ4v) is 4.81. The Balaban J connectivity index is 1.40. The fourth-order valence-electron chi connectivity index (χ4n) is 4.81. The van der Waals surface area contributed by atoms with E-state index in [1.807, 2.05) is 0 Å². The van der Waals surface area contributed by atoms with Gasteiger partial charge in [-0.05, 0) is 50.2 Å². The Morgan fingerprint density at radius 1 is 0.957 bits per heavy atom. The molecule has 1 saturated heterocycles. The molecule has 3 heteroatoms. The first-order valence-corrected chi connectivity index (χ1v) is 9.87. The molecule has 0 bridgehead atoms. The number of nitrogens with zero attached hydrogens (tertiary/aromatic N) is 2. The molecule has 1 aliphatic heterocycles. The van der Waals surface area contributed by atoms with E-state index in [0.717, 1.165) is 31.7 Å². The summed E-state index contributed by atoms with van der Waals surface area (Å²) in [7, 11) is 0. The van der Waals surface area contributed by atoms with Gasteiger partial charge in [-0.15, -0.1) is 0 Å². The highest BCUT2D eigenvalue weighted by molar-refractivity contribution is 5.35. The average molecular weight is 316 g/mol. The monoisotopic (exact) mass is 316 g/mol. The minimum absolute atomic E-state index is 0.530. The van der Waals surface area contributed by atoms with Gasteiger partial charge in [-0.3, -0.25) is 4.90 Å². The van der Waals surface area contributed by atoms with E-state index in [9.17, 15) is 5.11 Å². The highest BCUT2D eigenvalue weighted by Crippen LogP contribution is 2.38. The van der Waals surface area contributed by atoms with Crippen molar-refractivity contribution in [2.45, 2.75) is 75.9 Å². The first-order valence-electron chi connectivity index (χ1n) is 9.87. The Hall–Kier alpha value is -0.800. The Bertz CT molecular complexity index is 478. The van der Waals surface area contributed by atoms with Crippen molar-refractivity contribution >= 4 is 0 Å². The van der Waals surface area contributed by atoms with Gasteiger partial charge in [0.15, 0.2) is 0 Å². The van der Waals surface area contributed by atoms with E-state index in [1.165, 1.54) is 76.0 Å². The van der Waals surface area contributed by atoms with Gasteiger partial charge in [0, 0.05) is 37.9 Å². The van der Waals surface area contributed by atoms with Crippen LogP contribution < -0.4 is 0 Å². The number of aliphatic hydroxyl groups is 1. The van der Waals surface area contributed by atoms with Crippen LogP contribution in [0.3, 0.4) is 0 Å². The number of allylic oxidation sites excluding steroid dienone is 2. The van der Waals surface area contributed by atoms with E-state index in [2.05, 4.69) is 22.0 Å². The number of hydrogen-bond donors (Lipinski definition) is 1. The molecule has 3 fully saturated rings. The summed E-state index contributed by atoms with van der Waals surface area (Å²) in [5.74, 6) is 0. The smallest absolute Gasteiger partial charge is 0.0894 e. The molecule has 3 nitrogen and oxygen atoms in total. The molecule has 1 heterocycles. The molecule has 4 aliphatic rings. The molecule has 0 aromatic heterocycles. The highest BCUT2D eigenvalue weighted by atomic mass is 16.3. The number of hydrogen-bond acceptors (Lipinski definition) is 3. The summed E-state index contributed by atoms with van der Waals surface area (Å²) in [6.07, 6.45) is 16.7. The Morgan fingerprint density at radius 3 is 2.35 bits per heavy atom. The molecular weight excluding hydrogens is 284 g/mol. The predicted octanol–water partition coefficient (Wildman–Crippen LogP) is 3.46. The van der Waals surface area contributed by atoms with Gasteiger partial charge in [0.05, 0.1) is 5.60 Å². The van der Waals surface area contributed by atoms with Crippen LogP contribution in [0.5, 0.6) is 0 Å². The topological polar surface area (TPSA) is 26.7 Å². The first kappa shape index (κ1) is 15.7. The van der Waals surface area contributed by atoms with Crippen molar-refractivity contribution in [3.05, 3.63) is 23.4 Å². The van der Waals surface area contributed by atoms with Gasteiger partial charge in [0.2, 0.25) is 0 Å². The third-order valence-corrected chi connectivity index (χ3v) is 6.62. The van der Waals surface area contributed by atoms with E-state index < -0.39 is 5.60 Å². The van der Waals surface area contributed by atoms with Crippen molar-refractivity contribution in [2.75, 3.05) is 26.2 Å². The highest BCUT2D eigenvalue weighted by Gasteiger charge is 2.34. The zero-order valence-electron chi connectivity index (χ0n) is 14.5. The summed E-state index contributed by atoms with van der Waals surface area (Å²) in [5, 5.41) is 11.0. The zero-order valence-corrected chi connectivity index (χ0v) is 14.5. The van der Waals surface area contributed by atoms with Crippen LogP contribution in [0.4, 0.5) is 0 Å². The lowest BCUT2D eigenvalue weighted by Crippen LogP contribution is -2.52. The summed E-state index contributed by atoms with van der Waals surface area (Å²) < 4.78 is 0. The molecule has 0 aromatic carbocycles. The van der Waals surface area contributed by atoms with Crippen molar-refractivity contribution in [1.82, 2.24) is 9.80 Å². The average Bonchev–Trinajstić information content (AvgIpc) is 2.55. The molecule has 3 aliphatic carbocycles. The molecule has 1 N–H and O–H groups in total. The second kappa shape index (κ2) is 6.60. The molecule has 0 radical (unpaired) electrons. The van der Waals surface area contributed by atoms with Crippen LogP contribution >= 0.6 is 0 Å². The maximum absolute atomic E-state index is 11.0. The van der Waals surface area contributed by atoms with Crippen molar-refractivity contribution in [3.8, 4) is 0 Å². The fraction of sp³-hybridized carbons (Fsp3) is 0.800. The van der Waals surface area contributed by atoms with Crippen LogP contribution in [0.2, 0.25) is 0 Å². The van der Waals surface area contributed by atoms with Gasteiger partial charge in [-0.25, -0.2) is 0 Å². The Labute approximate surface area is 141 Å². The Kier molecular flexibility index (Phi) is 4.51. The van der Waals surface area contributed by atoms with Gasteiger partial charge >= 0.3 is 0 Å². The summed E-state index contributed by atoms with van der Waals surface area (Å²) in [5.41, 5.74) is 2.17. The van der Waals surface area contributed by atoms with E-state index in [1.54, 1.807) is 0 Å². The van der Waals surface area contributed by atoms with Crippen LogP contribution in [-0.2, 0) is 0 Å². The van der Waals surface area contributed by atoms with E-state index >= 15 is 0 Å². The summed E-state index contributed by atoms with van der Waals surface area (Å²) >= 11 is 0. The molecule has 0 spiro atoms. The second-order valence-corrected chi connectivity index (χ2v) is 8.03. The quantitative estimate of drug-likeness (QED) is 0.864. The van der Waals surface area contributed by atoms with Crippen LogP contribution in [0.1, 0.15) is 64.2 Å². The van der Waals surface area contributed by atoms with Crippen molar-refractivity contribution in [2.24, 2.45) is 0 Å². The molecule has 0 amide bonds. The molecule has 0 unspecified atom stereocenters. The van der Waals surface area contributed by atoms with Crippen LogP contribution in [0.25, 0.3) is 0 Å². The summed E-state index contributed by atoms with van der Waals surface area (Å²) in [6, 6.07) is 0.885. The zero-order chi connectivity index (χ0) is 15.7. The molecular formula is C20H32N2O. The maximum Gasteiger partial charge on any atom is 0.0894 e. The van der Waals surface area contributed by atoms with Crippen molar-refractivity contribution < 1.29 is 5.11 Å². The van der Waals surface area contributed by atoms with Gasteiger partial charge in [0.25, 0.3) is 0 Å². The standard InChI is InChI=1S/C20H32N2O/c23-20(10-2-1-3-11-20)17-6-4-9-19(16-17)22-14-12-21(13-15-22)18-7-5-8-18/h6,16,18,23H,1-5,7-15H2. The third kappa shape index (κ3) is 3.23. The lowest BCUT2D eigenvalue weighted by atomic mass is 9.77. The molecule has 2 saturated carbocycles. The van der Waals surface area contributed by atoms with Gasteiger partial charge < -0.3 is 10.0 Å². The van der Waals surface area contributed by atoms with Crippen molar-refractivity contribution in [1.29, 1.82) is 0 Å². The molecule has 23 heavy (non-hydrogen) atoms. The lowest BCUT2D eigenvalue weighted by molar-refractivity contribution is 0.0414. The van der Waals surface area contributed by atoms with Crippen LogP contribution in [-0.4, -0.2) is 52.7 Å². The second-order valence-electron chi connectivity index (χ2n) is 8.03. The summed E-state index contributed by atoms with van der Waals surface area (Å²) in [4.78, 5) is 5.29. The number of rotatable bonds is 3. The predicted molar refractivity (Wildman–Crippen MR) is 94.2 cm³/mol. The van der Waals surface area contributed by atoms with E-state index in [0.29, 0.717) is 0 Å². The maximum atomic E-state index is 11.0. The molecule has 0 aromatic rings. The normalized spacial score (nSPS) is 29.7. The third-order valence-electron chi connectivity index (χ3n) is 6.62. The van der Waals surface area contributed by atoms with Crippen molar-refractivity contribution in [3.63, 3.8) is 0 Å². The first-order chi connectivity index (χ1) is 11.2. The molecule has 128 valence electrons. The SMILES string of the molecule is OC1(C2=CCCC(N3CCN(C4CCC4)CC3)=C2)CCCCC1. The lowest BCUT2D eigenvalue weighted by Gasteiger charge is -2.45. The minimum atomic E-state index is -0.530. The van der Waals surface area contributed by atoms with Crippen LogP contribution in [0.15, 0.2) is 23.4 Å². The minimum Gasteiger partial charge on any atom is -0.385 e.